The molecule has 0 aliphatic rings. The summed E-state index contributed by atoms with van der Waals surface area (Å²) in [6.45, 7) is 1.25. The molecule has 0 N–H and O–H groups in total. The smallest absolute Gasteiger partial charge is 0.224 e. The maximum absolute atomic E-state index is 12.9. The number of carbonyl (C=O) groups excluding carboxylic acids is 1. The number of hydrogen-bond acceptors (Lipinski definition) is 2. The Hall–Kier alpha value is -2.23. The van der Waals surface area contributed by atoms with Crippen molar-refractivity contribution in [3.63, 3.8) is 0 Å². The third kappa shape index (κ3) is 6.46. The topological polar surface area (TPSA) is 20.3 Å². The van der Waals surface area contributed by atoms with E-state index in [0.717, 1.165) is 26.8 Å². The van der Waals surface area contributed by atoms with Crippen LogP contribution in [-0.4, -0.2) is 16.6 Å². The van der Waals surface area contributed by atoms with Crippen molar-refractivity contribution in [3.8, 4) is 0 Å². The normalized spacial score (nSPS) is 10.6. The van der Waals surface area contributed by atoms with E-state index in [0.29, 0.717) is 19.5 Å². The molecule has 0 radical (unpaired) electrons. The molecule has 0 atom stereocenters. The molecule has 0 spiro atoms. The van der Waals surface area contributed by atoms with Gasteiger partial charge in [-0.15, -0.1) is 11.8 Å². The van der Waals surface area contributed by atoms with E-state index in [4.69, 9.17) is 11.6 Å². The van der Waals surface area contributed by atoms with Crippen molar-refractivity contribution in [3.05, 3.63) is 101 Å². The molecule has 1 amide bonds. The quantitative estimate of drug-likeness (QED) is 0.432. The number of rotatable bonds is 8. The minimum atomic E-state index is 0.171. The highest BCUT2D eigenvalue weighted by Crippen LogP contribution is 2.22. The highest BCUT2D eigenvalue weighted by atomic mass is 35.5. The Balaban J connectivity index is 1.61. The second-order valence-corrected chi connectivity index (χ2v) is 7.88. The van der Waals surface area contributed by atoms with E-state index in [1.165, 1.54) is 0 Å². The van der Waals surface area contributed by atoms with Crippen molar-refractivity contribution >= 4 is 29.3 Å². The van der Waals surface area contributed by atoms with E-state index in [2.05, 4.69) is 24.3 Å². The molecule has 0 fully saturated rings. The van der Waals surface area contributed by atoms with E-state index >= 15 is 0 Å². The molecule has 0 saturated carbocycles. The lowest BCUT2D eigenvalue weighted by Crippen LogP contribution is -2.30. The average Bonchev–Trinajstić information content (AvgIpc) is 2.70. The lowest BCUT2D eigenvalue weighted by molar-refractivity contribution is -0.132. The molecule has 3 aromatic carbocycles. The molecule has 27 heavy (non-hydrogen) atoms. The Morgan fingerprint density at radius 1 is 0.778 bits per heavy atom. The van der Waals surface area contributed by atoms with Crippen LogP contribution in [0.4, 0.5) is 0 Å². The van der Waals surface area contributed by atoms with Crippen molar-refractivity contribution in [1.82, 2.24) is 4.90 Å². The zero-order valence-corrected chi connectivity index (χ0v) is 16.6. The maximum atomic E-state index is 12.9. The van der Waals surface area contributed by atoms with Crippen LogP contribution in [0, 0.1) is 0 Å². The number of nitrogens with zero attached hydrogens (tertiary/aromatic N) is 1. The van der Waals surface area contributed by atoms with Gasteiger partial charge in [-0.05, 0) is 35.4 Å². The molecule has 0 saturated heterocycles. The summed E-state index contributed by atoms with van der Waals surface area (Å²) in [5.41, 5.74) is 2.29. The van der Waals surface area contributed by atoms with Gasteiger partial charge in [-0.1, -0.05) is 72.3 Å². The summed E-state index contributed by atoms with van der Waals surface area (Å²) < 4.78 is 0. The SMILES string of the molecule is O=C(CCSc1ccc(Cl)cc1)N(Cc1ccccc1)Cc1ccccc1. The first-order valence-corrected chi connectivity index (χ1v) is 10.3. The Bertz CT molecular complexity index is 796. The predicted octanol–water partition coefficient (Wildman–Crippen LogP) is 6.05. The molecular weight excluding hydrogens is 374 g/mol. The molecule has 0 unspecified atom stereocenters. The third-order valence-corrected chi connectivity index (χ3v) is 5.45. The number of benzene rings is 3. The molecule has 3 aromatic rings. The summed E-state index contributed by atoms with van der Waals surface area (Å²) in [6.07, 6.45) is 0.507. The van der Waals surface area contributed by atoms with E-state index in [9.17, 15) is 4.79 Å². The standard InChI is InChI=1S/C23H22ClNOS/c24-21-11-13-22(14-12-21)27-16-15-23(26)25(17-19-7-3-1-4-8-19)18-20-9-5-2-6-10-20/h1-14H,15-18H2. The van der Waals surface area contributed by atoms with Gasteiger partial charge in [-0.2, -0.15) is 0 Å². The highest BCUT2D eigenvalue weighted by Gasteiger charge is 2.14. The van der Waals surface area contributed by atoms with E-state index in [1.54, 1.807) is 11.8 Å². The second kappa shape index (κ2) is 10.2. The Labute approximate surface area is 170 Å². The zero-order valence-electron chi connectivity index (χ0n) is 15.1. The third-order valence-electron chi connectivity index (χ3n) is 4.18. The highest BCUT2D eigenvalue weighted by molar-refractivity contribution is 7.99. The molecule has 3 rings (SSSR count). The zero-order chi connectivity index (χ0) is 18.9. The molecule has 0 bridgehead atoms. The number of hydrogen-bond donors (Lipinski definition) is 0. The fourth-order valence-corrected chi connectivity index (χ4v) is 3.75. The number of amides is 1. The summed E-state index contributed by atoms with van der Waals surface area (Å²) in [5.74, 6) is 0.921. The lowest BCUT2D eigenvalue weighted by atomic mass is 10.1. The van der Waals surface area contributed by atoms with Crippen molar-refractivity contribution < 1.29 is 4.79 Å². The van der Waals surface area contributed by atoms with Crippen LogP contribution in [0.5, 0.6) is 0 Å². The van der Waals surface area contributed by atoms with Crippen molar-refractivity contribution in [2.45, 2.75) is 24.4 Å². The van der Waals surface area contributed by atoms with Gasteiger partial charge >= 0.3 is 0 Å². The first-order chi connectivity index (χ1) is 13.2. The predicted molar refractivity (Wildman–Crippen MR) is 114 cm³/mol. The molecule has 138 valence electrons. The Morgan fingerprint density at radius 2 is 1.30 bits per heavy atom. The van der Waals surface area contributed by atoms with Crippen LogP contribution in [0.1, 0.15) is 17.5 Å². The van der Waals surface area contributed by atoms with Crippen molar-refractivity contribution in [2.24, 2.45) is 0 Å². The van der Waals surface area contributed by atoms with Gasteiger partial charge in [0.25, 0.3) is 0 Å². The summed E-state index contributed by atoms with van der Waals surface area (Å²) in [6, 6.07) is 28.0. The first-order valence-electron chi connectivity index (χ1n) is 8.95. The summed E-state index contributed by atoms with van der Waals surface area (Å²) >= 11 is 7.60. The fourth-order valence-electron chi connectivity index (χ4n) is 2.78. The van der Waals surface area contributed by atoms with Crippen LogP contribution in [0.3, 0.4) is 0 Å². The van der Waals surface area contributed by atoms with Gasteiger partial charge in [0.05, 0.1) is 0 Å². The molecule has 0 aliphatic heterocycles. The molecule has 2 nitrogen and oxygen atoms in total. The minimum absolute atomic E-state index is 0.171. The summed E-state index contributed by atoms with van der Waals surface area (Å²) in [7, 11) is 0. The number of thioether (sulfide) groups is 1. The molecular formula is C23H22ClNOS. The van der Waals surface area contributed by atoms with Crippen molar-refractivity contribution in [2.75, 3.05) is 5.75 Å². The van der Waals surface area contributed by atoms with Gasteiger partial charge in [0.1, 0.15) is 0 Å². The minimum Gasteiger partial charge on any atom is -0.334 e. The van der Waals surface area contributed by atoms with Crippen LogP contribution in [0.25, 0.3) is 0 Å². The lowest BCUT2D eigenvalue weighted by Gasteiger charge is -2.23. The first kappa shape index (κ1) is 19.5. The summed E-state index contributed by atoms with van der Waals surface area (Å²) in [4.78, 5) is 16.0. The second-order valence-electron chi connectivity index (χ2n) is 6.27. The Kier molecular flexibility index (Phi) is 7.37. The van der Waals surface area contributed by atoms with Crippen molar-refractivity contribution in [1.29, 1.82) is 0 Å². The van der Waals surface area contributed by atoms with Crippen LogP contribution in [0.15, 0.2) is 89.8 Å². The number of carbonyl (C=O) groups is 1. The van der Waals surface area contributed by atoms with Crippen LogP contribution >= 0.6 is 23.4 Å². The van der Waals surface area contributed by atoms with E-state index < -0.39 is 0 Å². The van der Waals surface area contributed by atoms with Gasteiger partial charge in [-0.25, -0.2) is 0 Å². The molecule has 0 aromatic heterocycles. The van der Waals surface area contributed by atoms with Gasteiger partial charge in [0, 0.05) is 35.2 Å². The van der Waals surface area contributed by atoms with E-state index in [-0.39, 0.29) is 5.91 Å². The maximum Gasteiger partial charge on any atom is 0.224 e. The van der Waals surface area contributed by atoms with E-state index in [1.807, 2.05) is 65.6 Å². The van der Waals surface area contributed by atoms with Gasteiger partial charge < -0.3 is 4.90 Å². The van der Waals surface area contributed by atoms with Gasteiger partial charge in [0.2, 0.25) is 5.91 Å². The van der Waals surface area contributed by atoms with Crippen LogP contribution in [-0.2, 0) is 17.9 Å². The largest absolute Gasteiger partial charge is 0.334 e. The van der Waals surface area contributed by atoms with Crippen LogP contribution in [0.2, 0.25) is 5.02 Å². The van der Waals surface area contributed by atoms with Gasteiger partial charge in [-0.3, -0.25) is 4.79 Å². The molecule has 4 heteroatoms. The average molecular weight is 396 g/mol. The fraction of sp³-hybridized carbons (Fsp3) is 0.174. The van der Waals surface area contributed by atoms with Gasteiger partial charge in [0.15, 0.2) is 0 Å². The van der Waals surface area contributed by atoms with Crippen LogP contribution < -0.4 is 0 Å². The monoisotopic (exact) mass is 395 g/mol. The number of halogens is 1. The Morgan fingerprint density at radius 3 is 1.81 bits per heavy atom. The summed E-state index contributed by atoms with van der Waals surface area (Å²) in [5, 5.41) is 0.729. The molecule has 0 heterocycles. The molecule has 0 aliphatic carbocycles.